The Morgan fingerprint density at radius 2 is 1.63 bits per heavy atom. The molecule has 3 atom stereocenters. The monoisotopic (exact) mass is 314 g/mol. The maximum Gasteiger partial charge on any atom is 0.320 e. The summed E-state index contributed by atoms with van der Waals surface area (Å²) < 4.78 is 10.4. The largest absolute Gasteiger partial charge is 0.617 e. The Hall–Kier alpha value is -0.480. The minimum atomic E-state index is -1.04. The summed E-state index contributed by atoms with van der Waals surface area (Å²) in [5.41, 5.74) is 10.3. The molecule has 9 heteroatoms. The van der Waals surface area contributed by atoms with Gasteiger partial charge in [-0.05, 0) is 18.4 Å². The van der Waals surface area contributed by atoms with E-state index in [0.717, 1.165) is 5.75 Å². The van der Waals surface area contributed by atoms with Gasteiger partial charge in [0.05, 0.1) is 6.26 Å². The van der Waals surface area contributed by atoms with Crippen LogP contribution in [0.2, 0.25) is 0 Å². The molecule has 3 unspecified atom stereocenters. The summed E-state index contributed by atoms with van der Waals surface area (Å²) >= 11 is 0.658. The van der Waals surface area contributed by atoms with Crippen LogP contribution in [0, 0.1) is 0 Å². The van der Waals surface area contributed by atoms with Crippen LogP contribution >= 0.6 is 11.8 Å². The normalized spacial score (nSPS) is 14.8. The zero-order chi connectivity index (χ0) is 15.4. The number of carboxylic acid groups (broad SMARTS) is 2. The predicted octanol–water partition coefficient (Wildman–Crippen LogP) is -0.682. The fourth-order valence-electron chi connectivity index (χ4n) is 0.785. The molecule has 0 rings (SSSR count). The molecule has 0 aliphatic carbocycles. The number of carboxylic acids is 2. The third-order valence-electron chi connectivity index (χ3n) is 1.98. The van der Waals surface area contributed by atoms with Gasteiger partial charge in [0.25, 0.3) is 0 Å². The number of hydrogen-bond acceptors (Lipinski definition) is 6. The third-order valence-corrected chi connectivity index (χ3v) is 3.44. The van der Waals surface area contributed by atoms with Crippen molar-refractivity contribution in [2.45, 2.75) is 24.9 Å². The minimum absolute atomic E-state index is 0.276. The van der Waals surface area contributed by atoms with E-state index in [1.54, 1.807) is 11.8 Å². The Morgan fingerprint density at radius 1 is 1.21 bits per heavy atom. The molecule has 6 N–H and O–H groups in total. The topological polar surface area (TPSA) is 150 Å². The lowest BCUT2D eigenvalue weighted by molar-refractivity contribution is -0.139. The van der Waals surface area contributed by atoms with Crippen molar-refractivity contribution in [1.82, 2.24) is 0 Å². The Bertz CT molecular complexity index is 266. The van der Waals surface area contributed by atoms with E-state index >= 15 is 0 Å². The Kier molecular flexibility index (Phi) is 13.8. The lowest BCUT2D eigenvalue weighted by atomic mass is 10.2. The van der Waals surface area contributed by atoms with Gasteiger partial charge in [-0.25, -0.2) is 0 Å². The molecule has 0 aromatic heterocycles. The van der Waals surface area contributed by atoms with Gasteiger partial charge in [0.1, 0.15) is 17.8 Å². The van der Waals surface area contributed by atoms with Crippen LogP contribution in [0.25, 0.3) is 0 Å². The molecular formula is C10H22N2O5S2. The molecular weight excluding hydrogens is 292 g/mol. The molecule has 0 bridgehead atoms. The number of nitrogens with two attached hydrogens (primary N) is 2. The molecule has 7 nitrogen and oxygen atoms in total. The number of aliphatic carboxylic acids is 2. The first-order valence-corrected chi connectivity index (χ1v) is 8.60. The van der Waals surface area contributed by atoms with Crippen LogP contribution in [-0.4, -0.2) is 62.8 Å². The number of carbonyl (C=O) groups is 2. The summed E-state index contributed by atoms with van der Waals surface area (Å²) in [4.78, 5) is 20.2. The molecule has 0 saturated carbocycles. The molecule has 0 aliphatic rings. The zero-order valence-electron chi connectivity index (χ0n) is 11.1. The van der Waals surface area contributed by atoms with Crippen molar-refractivity contribution >= 4 is 34.9 Å². The molecule has 19 heavy (non-hydrogen) atoms. The second kappa shape index (κ2) is 12.5. The first-order valence-electron chi connectivity index (χ1n) is 5.48. The van der Waals surface area contributed by atoms with Gasteiger partial charge in [-0.2, -0.15) is 11.8 Å². The van der Waals surface area contributed by atoms with Crippen molar-refractivity contribution in [1.29, 1.82) is 0 Å². The summed E-state index contributed by atoms with van der Waals surface area (Å²) in [6.45, 7) is 0. The minimum Gasteiger partial charge on any atom is -0.617 e. The van der Waals surface area contributed by atoms with Gasteiger partial charge in [0, 0.05) is 6.42 Å². The number of rotatable bonds is 8. The SMILES string of the molecule is CSCCC(N)C(=O)O.C[S+]([O-])CCC(N)C(=O)O. The highest BCUT2D eigenvalue weighted by Crippen LogP contribution is 1.97. The smallest absolute Gasteiger partial charge is 0.320 e. The van der Waals surface area contributed by atoms with Crippen molar-refractivity contribution in [3.05, 3.63) is 0 Å². The van der Waals surface area contributed by atoms with Crippen molar-refractivity contribution < 1.29 is 24.4 Å². The van der Waals surface area contributed by atoms with Gasteiger partial charge >= 0.3 is 11.9 Å². The standard InChI is InChI=1S/C5H11NO3S.C5H11NO2S/c1-10(9)3-2-4(6)5(7)8;1-9-3-2-4(6)5(7)8/h4H,2-3,6H2,1H3,(H,7,8);4H,2-3,6H2,1H3,(H,7,8). The average Bonchev–Trinajstić information content (AvgIpc) is 2.33. The molecule has 0 aromatic rings. The van der Waals surface area contributed by atoms with Crippen LogP contribution in [0.5, 0.6) is 0 Å². The third kappa shape index (κ3) is 15.5. The fourth-order valence-corrected chi connectivity index (χ4v) is 1.86. The highest BCUT2D eigenvalue weighted by atomic mass is 32.2. The van der Waals surface area contributed by atoms with Crippen LogP contribution in [0.4, 0.5) is 0 Å². The van der Waals surface area contributed by atoms with E-state index < -0.39 is 35.2 Å². The fraction of sp³-hybridized carbons (Fsp3) is 0.800. The Morgan fingerprint density at radius 3 is 1.95 bits per heavy atom. The van der Waals surface area contributed by atoms with Gasteiger partial charge in [-0.1, -0.05) is 11.2 Å². The van der Waals surface area contributed by atoms with Crippen molar-refractivity contribution in [2.24, 2.45) is 11.5 Å². The first kappa shape index (κ1) is 20.8. The van der Waals surface area contributed by atoms with Crippen LogP contribution in [-0.2, 0) is 20.8 Å². The molecule has 0 spiro atoms. The van der Waals surface area contributed by atoms with Gasteiger partial charge in [-0.3, -0.25) is 9.59 Å². The average molecular weight is 314 g/mol. The Balaban J connectivity index is 0. The summed E-state index contributed by atoms with van der Waals surface area (Å²) in [5, 5.41) is 16.5. The maximum atomic E-state index is 10.4. The van der Waals surface area contributed by atoms with Gasteiger partial charge in [0.2, 0.25) is 0 Å². The second-order valence-corrected chi connectivity index (χ2v) is 6.28. The lowest BCUT2D eigenvalue weighted by Crippen LogP contribution is -2.32. The van der Waals surface area contributed by atoms with Crippen molar-refractivity contribution in [3.63, 3.8) is 0 Å². The highest BCUT2D eigenvalue weighted by Gasteiger charge is 2.12. The van der Waals surface area contributed by atoms with E-state index in [2.05, 4.69) is 0 Å². The van der Waals surface area contributed by atoms with Crippen LogP contribution in [0.1, 0.15) is 12.8 Å². The van der Waals surface area contributed by atoms with Gasteiger partial charge in [-0.15, -0.1) is 0 Å². The number of hydrogen-bond donors (Lipinski definition) is 4. The van der Waals surface area contributed by atoms with E-state index in [4.69, 9.17) is 21.7 Å². The van der Waals surface area contributed by atoms with Gasteiger partial charge in [0.15, 0.2) is 0 Å². The van der Waals surface area contributed by atoms with Crippen LogP contribution in [0.3, 0.4) is 0 Å². The highest BCUT2D eigenvalue weighted by molar-refractivity contribution is 7.98. The molecule has 0 fully saturated rings. The lowest BCUT2D eigenvalue weighted by Gasteiger charge is -2.06. The summed E-state index contributed by atoms with van der Waals surface area (Å²) in [6, 6.07) is -1.55. The molecule has 114 valence electrons. The van der Waals surface area contributed by atoms with E-state index in [1.165, 1.54) is 6.26 Å². The molecule has 0 heterocycles. The molecule has 0 aliphatic heterocycles. The Labute approximate surface area is 120 Å². The van der Waals surface area contributed by atoms with E-state index in [-0.39, 0.29) is 6.42 Å². The van der Waals surface area contributed by atoms with E-state index in [9.17, 15) is 14.1 Å². The second-order valence-electron chi connectivity index (χ2n) is 3.74. The quantitative estimate of drug-likeness (QED) is 0.430. The first-order chi connectivity index (χ1) is 8.72. The van der Waals surface area contributed by atoms with E-state index in [0.29, 0.717) is 12.2 Å². The zero-order valence-corrected chi connectivity index (χ0v) is 12.7. The molecule has 0 amide bonds. The van der Waals surface area contributed by atoms with Crippen molar-refractivity contribution in [3.8, 4) is 0 Å². The summed E-state index contributed by atoms with van der Waals surface area (Å²) in [7, 11) is 0. The predicted molar refractivity (Wildman–Crippen MR) is 77.8 cm³/mol. The van der Waals surface area contributed by atoms with Gasteiger partial charge < -0.3 is 26.2 Å². The van der Waals surface area contributed by atoms with Crippen LogP contribution < -0.4 is 11.5 Å². The van der Waals surface area contributed by atoms with E-state index in [1.807, 2.05) is 6.26 Å². The van der Waals surface area contributed by atoms with Crippen LogP contribution in [0.15, 0.2) is 0 Å². The van der Waals surface area contributed by atoms with Crippen molar-refractivity contribution in [2.75, 3.05) is 24.0 Å². The molecule has 0 saturated heterocycles. The maximum absolute atomic E-state index is 10.4. The number of thioether (sulfide) groups is 1. The molecule has 0 radical (unpaired) electrons. The summed E-state index contributed by atoms with van der Waals surface area (Å²) in [6.07, 6.45) is 4.28. The summed E-state index contributed by atoms with van der Waals surface area (Å²) in [5.74, 6) is -0.782. The molecule has 0 aromatic carbocycles.